The minimum atomic E-state index is -4.06. The lowest BCUT2D eigenvalue weighted by molar-refractivity contribution is 0.102. The van der Waals surface area contributed by atoms with Gasteiger partial charge in [-0.25, -0.2) is 17.2 Å². The fraction of sp³-hybridized carbons (Fsp3) is 0.208. The largest absolute Gasteiger partial charge is 0.378 e. The number of morpholine rings is 1. The summed E-state index contributed by atoms with van der Waals surface area (Å²) in [5.74, 6) is -1.64. The van der Waals surface area contributed by atoms with Gasteiger partial charge in [0, 0.05) is 30.0 Å². The first-order valence-electron chi connectivity index (χ1n) is 10.6. The van der Waals surface area contributed by atoms with Crippen LogP contribution in [-0.4, -0.2) is 40.6 Å². The number of rotatable bonds is 6. The number of carbonyl (C=O) groups is 1. The van der Waals surface area contributed by atoms with E-state index >= 15 is 0 Å². The van der Waals surface area contributed by atoms with Gasteiger partial charge in [0.1, 0.15) is 11.6 Å². The van der Waals surface area contributed by atoms with E-state index in [1.54, 1.807) is 12.1 Å². The minimum Gasteiger partial charge on any atom is -0.378 e. The molecule has 1 saturated heterocycles. The van der Waals surface area contributed by atoms with Crippen LogP contribution in [0.5, 0.6) is 0 Å². The number of nitrogens with zero attached hydrogens (tertiary/aromatic N) is 1. The second kappa shape index (κ2) is 9.78. The highest BCUT2D eigenvalue weighted by Crippen LogP contribution is 2.25. The summed E-state index contributed by atoms with van der Waals surface area (Å²) < 4.78 is 61.3. The lowest BCUT2D eigenvalue weighted by Crippen LogP contribution is -2.36. The van der Waals surface area contributed by atoms with Crippen LogP contribution in [-0.2, 0) is 14.8 Å². The highest BCUT2D eigenvalue weighted by atomic mass is 32.2. The molecule has 0 aliphatic carbocycles. The van der Waals surface area contributed by atoms with Crippen LogP contribution >= 0.6 is 0 Å². The first-order chi connectivity index (χ1) is 16.2. The summed E-state index contributed by atoms with van der Waals surface area (Å²) in [6.07, 6.45) is 0. The van der Waals surface area contributed by atoms with E-state index in [4.69, 9.17) is 4.74 Å². The predicted octanol–water partition coefficient (Wildman–Crippen LogP) is 4.16. The Hall–Kier alpha value is -3.50. The van der Waals surface area contributed by atoms with Crippen molar-refractivity contribution in [3.63, 3.8) is 0 Å². The van der Waals surface area contributed by atoms with Crippen molar-refractivity contribution in [1.82, 2.24) is 0 Å². The van der Waals surface area contributed by atoms with Crippen molar-refractivity contribution in [2.45, 2.75) is 11.8 Å². The molecule has 1 fully saturated rings. The molecule has 34 heavy (non-hydrogen) atoms. The summed E-state index contributed by atoms with van der Waals surface area (Å²) in [7, 11) is -4.06. The standard InChI is InChI=1S/C24H23F2N3O4S/c1-16-5-7-20(15-21(16)25)34(31,32)28-19-4-2-3-17(13-19)24(30)27-18-6-8-23(22(26)14-18)29-9-11-33-12-10-29/h2-8,13-15,28H,9-12H2,1H3,(H,27,30). The Morgan fingerprint density at radius 2 is 1.71 bits per heavy atom. The van der Waals surface area contributed by atoms with Gasteiger partial charge in [-0.05, 0) is 61.0 Å². The Morgan fingerprint density at radius 1 is 0.941 bits per heavy atom. The van der Waals surface area contributed by atoms with E-state index in [1.807, 2.05) is 4.90 Å². The van der Waals surface area contributed by atoms with Crippen molar-refractivity contribution < 1.29 is 26.7 Å². The summed E-state index contributed by atoms with van der Waals surface area (Å²) in [6.45, 7) is 3.75. The molecule has 1 amide bonds. The third-order valence-corrected chi connectivity index (χ3v) is 6.77. The van der Waals surface area contributed by atoms with Crippen molar-refractivity contribution in [2.24, 2.45) is 0 Å². The van der Waals surface area contributed by atoms with Crippen LogP contribution in [0.3, 0.4) is 0 Å². The third kappa shape index (κ3) is 5.35. The summed E-state index contributed by atoms with van der Waals surface area (Å²) in [6, 6.07) is 13.9. The average Bonchev–Trinajstić information content (AvgIpc) is 2.81. The quantitative estimate of drug-likeness (QED) is 0.545. The number of ether oxygens (including phenoxy) is 1. The Balaban J connectivity index is 1.47. The summed E-state index contributed by atoms with van der Waals surface area (Å²) in [4.78, 5) is 14.3. The van der Waals surface area contributed by atoms with Crippen LogP contribution in [0.2, 0.25) is 0 Å². The SMILES string of the molecule is Cc1ccc(S(=O)(=O)Nc2cccc(C(=O)Nc3ccc(N4CCOCC4)c(F)c3)c2)cc1F. The zero-order chi connectivity index (χ0) is 24.3. The summed E-state index contributed by atoms with van der Waals surface area (Å²) in [5.41, 5.74) is 1.31. The van der Waals surface area contributed by atoms with Crippen LogP contribution in [0.4, 0.5) is 25.8 Å². The highest BCUT2D eigenvalue weighted by molar-refractivity contribution is 7.92. The molecule has 3 aromatic carbocycles. The maximum absolute atomic E-state index is 14.6. The zero-order valence-electron chi connectivity index (χ0n) is 18.3. The molecule has 1 heterocycles. The normalized spacial score (nSPS) is 14.0. The molecule has 0 unspecified atom stereocenters. The molecule has 2 N–H and O–H groups in total. The van der Waals surface area contributed by atoms with Crippen LogP contribution in [0.25, 0.3) is 0 Å². The Bertz CT molecular complexity index is 1330. The van der Waals surface area contributed by atoms with Gasteiger partial charge in [0.05, 0.1) is 23.8 Å². The van der Waals surface area contributed by atoms with Crippen LogP contribution < -0.4 is 14.9 Å². The van der Waals surface area contributed by atoms with Gasteiger partial charge in [0.25, 0.3) is 15.9 Å². The molecule has 1 aliphatic heterocycles. The van der Waals surface area contributed by atoms with E-state index in [0.29, 0.717) is 37.6 Å². The molecular formula is C24H23F2N3O4S. The molecule has 10 heteroatoms. The molecule has 0 aromatic heterocycles. The smallest absolute Gasteiger partial charge is 0.261 e. The number of sulfonamides is 1. The predicted molar refractivity (Wildman–Crippen MR) is 126 cm³/mol. The van der Waals surface area contributed by atoms with Gasteiger partial charge in [0.2, 0.25) is 0 Å². The number of halogens is 2. The van der Waals surface area contributed by atoms with Crippen LogP contribution in [0.1, 0.15) is 15.9 Å². The van der Waals surface area contributed by atoms with Gasteiger partial charge in [0.15, 0.2) is 0 Å². The maximum atomic E-state index is 14.6. The number of carbonyl (C=O) groups excluding carboxylic acids is 1. The molecule has 0 atom stereocenters. The van der Waals surface area contributed by atoms with Crippen LogP contribution in [0, 0.1) is 18.6 Å². The molecule has 0 saturated carbocycles. The minimum absolute atomic E-state index is 0.127. The van der Waals surface area contributed by atoms with E-state index in [0.717, 1.165) is 6.07 Å². The third-order valence-electron chi connectivity index (χ3n) is 5.39. The summed E-state index contributed by atoms with van der Waals surface area (Å²) >= 11 is 0. The van der Waals surface area contributed by atoms with Crippen LogP contribution in [0.15, 0.2) is 65.6 Å². The van der Waals surface area contributed by atoms with Gasteiger partial charge in [-0.1, -0.05) is 12.1 Å². The number of hydrogen-bond acceptors (Lipinski definition) is 5. The number of benzene rings is 3. The molecule has 3 aromatic rings. The zero-order valence-corrected chi connectivity index (χ0v) is 19.2. The van der Waals surface area contributed by atoms with E-state index in [1.165, 1.54) is 49.4 Å². The molecule has 178 valence electrons. The Labute approximate surface area is 196 Å². The fourth-order valence-electron chi connectivity index (χ4n) is 3.53. The second-order valence-corrected chi connectivity index (χ2v) is 9.50. The number of aryl methyl sites for hydroxylation is 1. The van der Waals surface area contributed by atoms with Gasteiger partial charge in [-0.2, -0.15) is 0 Å². The number of nitrogens with one attached hydrogen (secondary N) is 2. The Kier molecular flexibility index (Phi) is 6.80. The highest BCUT2D eigenvalue weighted by Gasteiger charge is 2.18. The van der Waals surface area contributed by atoms with Gasteiger partial charge >= 0.3 is 0 Å². The maximum Gasteiger partial charge on any atom is 0.261 e. The molecule has 4 rings (SSSR count). The lowest BCUT2D eigenvalue weighted by atomic mass is 10.2. The van der Waals surface area contributed by atoms with E-state index in [9.17, 15) is 22.0 Å². The monoisotopic (exact) mass is 487 g/mol. The Morgan fingerprint density at radius 3 is 2.41 bits per heavy atom. The van der Waals surface area contributed by atoms with Gasteiger partial charge in [-0.15, -0.1) is 0 Å². The molecular weight excluding hydrogens is 464 g/mol. The van der Waals surface area contributed by atoms with E-state index in [-0.39, 0.29) is 21.8 Å². The van der Waals surface area contributed by atoms with Crippen molar-refractivity contribution in [1.29, 1.82) is 0 Å². The average molecular weight is 488 g/mol. The number of amides is 1. The topological polar surface area (TPSA) is 87.7 Å². The molecule has 7 nitrogen and oxygen atoms in total. The van der Waals surface area contributed by atoms with Crippen molar-refractivity contribution in [3.8, 4) is 0 Å². The molecule has 1 aliphatic rings. The fourth-order valence-corrected chi connectivity index (χ4v) is 4.59. The molecule has 0 bridgehead atoms. The lowest BCUT2D eigenvalue weighted by Gasteiger charge is -2.29. The molecule has 0 radical (unpaired) electrons. The van der Waals surface area contributed by atoms with Gasteiger partial charge < -0.3 is 15.0 Å². The number of hydrogen-bond donors (Lipinski definition) is 2. The summed E-state index contributed by atoms with van der Waals surface area (Å²) in [5, 5.41) is 2.62. The van der Waals surface area contributed by atoms with Crippen molar-refractivity contribution in [2.75, 3.05) is 41.2 Å². The van der Waals surface area contributed by atoms with E-state index < -0.39 is 27.6 Å². The van der Waals surface area contributed by atoms with E-state index in [2.05, 4.69) is 10.0 Å². The molecule has 0 spiro atoms. The number of anilines is 3. The van der Waals surface area contributed by atoms with Crippen molar-refractivity contribution in [3.05, 3.63) is 83.4 Å². The first kappa shape index (κ1) is 23.7. The second-order valence-electron chi connectivity index (χ2n) is 7.82. The van der Waals surface area contributed by atoms with Gasteiger partial charge in [-0.3, -0.25) is 9.52 Å². The first-order valence-corrected chi connectivity index (χ1v) is 12.0. The van der Waals surface area contributed by atoms with Crippen molar-refractivity contribution >= 4 is 33.0 Å².